The van der Waals surface area contributed by atoms with Gasteiger partial charge in [-0.15, -0.1) is 0 Å². The normalized spacial score (nSPS) is 12.0. The first-order valence-electron chi connectivity index (χ1n) is 8.48. The third-order valence-corrected chi connectivity index (χ3v) is 4.43. The number of nitrogens with zero attached hydrogens (tertiary/aromatic N) is 1. The molecule has 1 aromatic heterocycles. The van der Waals surface area contributed by atoms with Crippen molar-refractivity contribution in [3.05, 3.63) is 76.5 Å². The molecule has 28 heavy (non-hydrogen) atoms. The van der Waals surface area contributed by atoms with Gasteiger partial charge in [-0.1, -0.05) is 17.7 Å². The average Bonchev–Trinajstić information content (AvgIpc) is 3.11. The van der Waals surface area contributed by atoms with Crippen molar-refractivity contribution in [2.75, 3.05) is 0 Å². The fraction of sp³-hybridized carbons (Fsp3) is 0.200. The molecule has 3 aromatic rings. The largest absolute Gasteiger partial charge is 0.441 e. The highest BCUT2D eigenvalue weighted by atomic mass is 35.5. The lowest BCUT2D eigenvalue weighted by Gasteiger charge is -2.14. The SMILES string of the molecule is CC(NC(=O)CCc1ncc(-c2ccc(F)cc2F)o1)c1ccc(F)c(Cl)c1. The number of nitrogens with one attached hydrogen (secondary N) is 1. The van der Waals surface area contributed by atoms with Crippen LogP contribution in [0.3, 0.4) is 0 Å². The van der Waals surface area contributed by atoms with Crippen LogP contribution >= 0.6 is 11.6 Å². The molecule has 1 heterocycles. The van der Waals surface area contributed by atoms with Crippen LogP contribution in [-0.4, -0.2) is 10.9 Å². The summed E-state index contributed by atoms with van der Waals surface area (Å²) < 4.78 is 45.5. The van der Waals surface area contributed by atoms with Crippen molar-refractivity contribution in [3.63, 3.8) is 0 Å². The summed E-state index contributed by atoms with van der Waals surface area (Å²) in [5.74, 6) is -1.82. The van der Waals surface area contributed by atoms with Crippen LogP contribution < -0.4 is 5.32 Å². The molecular formula is C20H16ClF3N2O2. The zero-order valence-corrected chi connectivity index (χ0v) is 15.6. The number of oxazole rings is 1. The Hall–Kier alpha value is -2.80. The molecule has 1 N–H and O–H groups in total. The summed E-state index contributed by atoms with van der Waals surface area (Å²) >= 11 is 5.75. The van der Waals surface area contributed by atoms with E-state index in [1.165, 1.54) is 24.4 Å². The van der Waals surface area contributed by atoms with E-state index >= 15 is 0 Å². The average molecular weight is 409 g/mol. The number of aryl methyl sites for hydroxylation is 1. The summed E-state index contributed by atoms with van der Waals surface area (Å²) in [5.41, 5.74) is 0.761. The Morgan fingerprint density at radius 3 is 2.68 bits per heavy atom. The first kappa shape index (κ1) is 19.9. The van der Waals surface area contributed by atoms with Gasteiger partial charge >= 0.3 is 0 Å². The highest BCUT2D eigenvalue weighted by molar-refractivity contribution is 6.30. The molecule has 0 aliphatic rings. The van der Waals surface area contributed by atoms with Gasteiger partial charge in [0.2, 0.25) is 5.91 Å². The van der Waals surface area contributed by atoms with Gasteiger partial charge in [-0.05, 0) is 36.8 Å². The van der Waals surface area contributed by atoms with Crippen molar-refractivity contribution in [2.24, 2.45) is 0 Å². The second-order valence-electron chi connectivity index (χ2n) is 6.21. The Morgan fingerprint density at radius 1 is 1.18 bits per heavy atom. The summed E-state index contributed by atoms with van der Waals surface area (Å²) in [6.45, 7) is 1.75. The van der Waals surface area contributed by atoms with Gasteiger partial charge in [0.1, 0.15) is 17.5 Å². The van der Waals surface area contributed by atoms with Gasteiger partial charge in [0.15, 0.2) is 11.7 Å². The van der Waals surface area contributed by atoms with Gasteiger partial charge in [0.25, 0.3) is 0 Å². The lowest BCUT2D eigenvalue weighted by Crippen LogP contribution is -2.26. The van der Waals surface area contributed by atoms with Crippen molar-refractivity contribution in [3.8, 4) is 11.3 Å². The van der Waals surface area contributed by atoms with Crippen molar-refractivity contribution < 1.29 is 22.4 Å². The first-order valence-corrected chi connectivity index (χ1v) is 8.85. The molecule has 0 saturated heterocycles. The van der Waals surface area contributed by atoms with Crippen molar-refractivity contribution in [2.45, 2.75) is 25.8 Å². The highest BCUT2D eigenvalue weighted by Gasteiger charge is 2.15. The van der Waals surface area contributed by atoms with Gasteiger partial charge < -0.3 is 9.73 Å². The maximum atomic E-state index is 13.8. The molecule has 0 bridgehead atoms. The van der Waals surface area contributed by atoms with Gasteiger partial charge in [-0.25, -0.2) is 18.2 Å². The summed E-state index contributed by atoms with van der Waals surface area (Å²) in [4.78, 5) is 16.2. The van der Waals surface area contributed by atoms with Crippen molar-refractivity contribution >= 4 is 17.5 Å². The third-order valence-electron chi connectivity index (χ3n) is 4.14. The lowest BCUT2D eigenvalue weighted by atomic mass is 10.1. The smallest absolute Gasteiger partial charge is 0.220 e. The zero-order valence-electron chi connectivity index (χ0n) is 14.8. The fourth-order valence-corrected chi connectivity index (χ4v) is 2.83. The molecule has 3 rings (SSSR count). The number of rotatable bonds is 6. The van der Waals surface area contributed by atoms with E-state index in [2.05, 4.69) is 10.3 Å². The number of hydrogen-bond acceptors (Lipinski definition) is 3. The summed E-state index contributed by atoms with van der Waals surface area (Å²) in [7, 11) is 0. The monoisotopic (exact) mass is 408 g/mol. The van der Waals surface area contributed by atoms with E-state index in [0.29, 0.717) is 5.56 Å². The van der Waals surface area contributed by atoms with Crippen LogP contribution in [0.2, 0.25) is 5.02 Å². The van der Waals surface area contributed by atoms with E-state index in [-0.39, 0.29) is 47.0 Å². The Kier molecular flexibility index (Phi) is 6.04. The molecule has 2 aromatic carbocycles. The van der Waals surface area contributed by atoms with E-state index in [1.807, 2.05) is 0 Å². The Bertz CT molecular complexity index is 1010. The van der Waals surface area contributed by atoms with Gasteiger partial charge in [0, 0.05) is 18.9 Å². The molecule has 1 amide bonds. The maximum Gasteiger partial charge on any atom is 0.220 e. The van der Waals surface area contributed by atoms with E-state index < -0.39 is 17.5 Å². The lowest BCUT2D eigenvalue weighted by molar-refractivity contribution is -0.121. The Labute approximate surface area is 164 Å². The topological polar surface area (TPSA) is 55.1 Å². The molecule has 0 saturated carbocycles. The maximum absolute atomic E-state index is 13.8. The number of halogens is 4. The summed E-state index contributed by atoms with van der Waals surface area (Å²) in [6.07, 6.45) is 1.61. The predicted molar refractivity (Wildman–Crippen MR) is 98.1 cm³/mol. The van der Waals surface area contributed by atoms with Gasteiger partial charge in [-0.2, -0.15) is 0 Å². The van der Waals surface area contributed by atoms with E-state index in [0.717, 1.165) is 12.1 Å². The first-order chi connectivity index (χ1) is 13.3. The number of benzene rings is 2. The molecule has 0 fully saturated rings. The molecule has 0 aliphatic carbocycles. The van der Waals surface area contributed by atoms with Crippen LogP contribution in [0, 0.1) is 17.5 Å². The minimum Gasteiger partial charge on any atom is -0.441 e. The summed E-state index contributed by atoms with van der Waals surface area (Å²) in [5, 5.41) is 2.76. The molecule has 0 spiro atoms. The highest BCUT2D eigenvalue weighted by Crippen LogP contribution is 2.25. The van der Waals surface area contributed by atoms with Gasteiger partial charge in [0.05, 0.1) is 22.8 Å². The molecule has 8 heteroatoms. The van der Waals surface area contributed by atoms with E-state index in [4.69, 9.17) is 16.0 Å². The predicted octanol–water partition coefficient (Wildman–Crippen LogP) is 5.22. The van der Waals surface area contributed by atoms with E-state index in [1.54, 1.807) is 13.0 Å². The van der Waals surface area contributed by atoms with E-state index in [9.17, 15) is 18.0 Å². The molecule has 1 unspecified atom stereocenters. The Balaban J connectivity index is 1.57. The number of hydrogen-bond donors (Lipinski definition) is 1. The molecule has 4 nitrogen and oxygen atoms in total. The van der Waals surface area contributed by atoms with Crippen LogP contribution in [0.25, 0.3) is 11.3 Å². The van der Waals surface area contributed by atoms with Crippen molar-refractivity contribution in [1.29, 1.82) is 0 Å². The number of carbonyl (C=O) groups excluding carboxylic acids is 1. The molecule has 0 aliphatic heterocycles. The zero-order chi connectivity index (χ0) is 20.3. The second kappa shape index (κ2) is 8.48. The number of aromatic nitrogens is 1. The quantitative estimate of drug-likeness (QED) is 0.608. The molecular weight excluding hydrogens is 393 g/mol. The summed E-state index contributed by atoms with van der Waals surface area (Å²) in [6, 6.07) is 7.02. The number of amides is 1. The van der Waals surface area contributed by atoms with Crippen LogP contribution in [0.1, 0.15) is 30.8 Å². The van der Waals surface area contributed by atoms with Gasteiger partial charge in [-0.3, -0.25) is 4.79 Å². The van der Waals surface area contributed by atoms with Crippen LogP contribution in [0.5, 0.6) is 0 Å². The second-order valence-corrected chi connectivity index (χ2v) is 6.61. The minimum atomic E-state index is -0.757. The molecule has 146 valence electrons. The third kappa shape index (κ3) is 4.72. The molecule has 0 radical (unpaired) electrons. The fourth-order valence-electron chi connectivity index (χ4n) is 2.64. The minimum absolute atomic E-state index is 0.0149. The Morgan fingerprint density at radius 2 is 1.96 bits per heavy atom. The standard InChI is InChI=1S/C20H16ClF3N2O2/c1-11(12-2-5-16(23)15(21)8-12)26-19(27)6-7-20-25-10-18(28-20)14-4-3-13(22)9-17(14)24/h2-5,8-11H,6-7H2,1H3,(H,26,27). The van der Waals surface area contributed by atoms with Crippen molar-refractivity contribution in [1.82, 2.24) is 10.3 Å². The van der Waals surface area contributed by atoms with Crippen LogP contribution in [-0.2, 0) is 11.2 Å². The van der Waals surface area contributed by atoms with Crippen LogP contribution in [0.4, 0.5) is 13.2 Å². The molecule has 1 atom stereocenters. The van der Waals surface area contributed by atoms with Crippen LogP contribution in [0.15, 0.2) is 47.0 Å². The number of carbonyl (C=O) groups is 1.